The largest absolute Gasteiger partial charge is 0.241 e. The molecule has 0 aliphatic carbocycles. The van der Waals surface area contributed by atoms with Gasteiger partial charge in [-0.2, -0.15) is 0 Å². The van der Waals surface area contributed by atoms with E-state index in [2.05, 4.69) is 20.7 Å². The smallest absolute Gasteiger partial charge is 0.207 e. The number of nitrogens with one attached hydrogen (secondary N) is 1. The van der Waals surface area contributed by atoms with Crippen molar-refractivity contribution < 1.29 is 12.8 Å². The maximum Gasteiger partial charge on any atom is 0.241 e. The van der Waals surface area contributed by atoms with Crippen molar-refractivity contribution >= 4 is 26.0 Å². The standard InChI is InChI=1S/C14H13BrFNO2S/c1-10(13-4-2-3-5-14(13)15)17-20(18,19)12-8-6-11(16)7-9-12/h2-10,17H,1H3/t10-/m0/s1. The summed E-state index contributed by atoms with van der Waals surface area (Å²) in [6, 6.07) is 11.7. The molecule has 106 valence electrons. The zero-order chi connectivity index (χ0) is 14.8. The van der Waals surface area contributed by atoms with Crippen LogP contribution in [0.1, 0.15) is 18.5 Å². The first-order valence-corrected chi connectivity index (χ1v) is 8.20. The number of rotatable bonds is 4. The number of halogens is 2. The normalized spacial score (nSPS) is 13.2. The molecule has 2 aromatic carbocycles. The summed E-state index contributed by atoms with van der Waals surface area (Å²) in [6.07, 6.45) is 0. The molecule has 0 saturated heterocycles. The third-order valence-electron chi connectivity index (χ3n) is 2.83. The van der Waals surface area contributed by atoms with Crippen LogP contribution in [-0.2, 0) is 10.0 Å². The number of hydrogen-bond donors (Lipinski definition) is 1. The Kier molecular flexibility index (Phi) is 4.57. The molecule has 0 amide bonds. The van der Waals surface area contributed by atoms with Crippen molar-refractivity contribution in [2.45, 2.75) is 17.9 Å². The Labute approximate surface area is 126 Å². The van der Waals surface area contributed by atoms with Crippen LogP contribution < -0.4 is 4.72 Å². The molecular weight excluding hydrogens is 345 g/mol. The summed E-state index contributed by atoms with van der Waals surface area (Å²) in [5.41, 5.74) is 0.832. The lowest BCUT2D eigenvalue weighted by Crippen LogP contribution is -2.27. The molecule has 0 heterocycles. The van der Waals surface area contributed by atoms with E-state index in [0.717, 1.165) is 22.2 Å². The van der Waals surface area contributed by atoms with Crippen molar-refractivity contribution in [1.82, 2.24) is 4.72 Å². The Hall–Kier alpha value is -1.24. The van der Waals surface area contributed by atoms with Gasteiger partial charge in [0.1, 0.15) is 5.82 Å². The lowest BCUT2D eigenvalue weighted by molar-refractivity contribution is 0.566. The maximum atomic E-state index is 12.8. The predicted octanol–water partition coefficient (Wildman–Crippen LogP) is 3.63. The molecule has 0 aromatic heterocycles. The zero-order valence-corrected chi connectivity index (χ0v) is 13.1. The molecule has 20 heavy (non-hydrogen) atoms. The van der Waals surface area contributed by atoms with Gasteiger partial charge in [0.15, 0.2) is 0 Å². The molecule has 0 radical (unpaired) electrons. The fourth-order valence-corrected chi connectivity index (χ4v) is 3.66. The predicted molar refractivity (Wildman–Crippen MR) is 79.3 cm³/mol. The van der Waals surface area contributed by atoms with Crippen LogP contribution in [-0.4, -0.2) is 8.42 Å². The van der Waals surface area contributed by atoms with Gasteiger partial charge in [-0.3, -0.25) is 0 Å². The van der Waals surface area contributed by atoms with E-state index in [1.807, 2.05) is 24.3 Å². The Morgan fingerprint density at radius 3 is 2.30 bits per heavy atom. The minimum absolute atomic E-state index is 0.0396. The minimum Gasteiger partial charge on any atom is -0.207 e. The Bertz CT molecular complexity index is 701. The van der Waals surface area contributed by atoms with E-state index in [9.17, 15) is 12.8 Å². The van der Waals surface area contributed by atoms with Crippen molar-refractivity contribution in [2.75, 3.05) is 0 Å². The Balaban J connectivity index is 2.24. The molecular formula is C14H13BrFNO2S. The van der Waals surface area contributed by atoms with Crippen molar-refractivity contribution in [3.05, 3.63) is 64.4 Å². The first-order valence-electron chi connectivity index (χ1n) is 5.92. The summed E-state index contributed by atoms with van der Waals surface area (Å²) in [6.45, 7) is 1.75. The summed E-state index contributed by atoms with van der Waals surface area (Å²) in [5, 5.41) is 0. The lowest BCUT2D eigenvalue weighted by Gasteiger charge is -2.16. The molecule has 0 saturated carbocycles. The van der Waals surface area contributed by atoms with Gasteiger partial charge in [-0.05, 0) is 42.8 Å². The summed E-state index contributed by atoms with van der Waals surface area (Å²) < 4.78 is 40.6. The number of sulfonamides is 1. The van der Waals surface area contributed by atoms with Gasteiger partial charge in [-0.1, -0.05) is 34.1 Å². The van der Waals surface area contributed by atoms with Gasteiger partial charge in [0.05, 0.1) is 4.90 Å². The summed E-state index contributed by atoms with van der Waals surface area (Å²) in [7, 11) is -3.68. The molecule has 3 nitrogen and oxygen atoms in total. The van der Waals surface area contributed by atoms with E-state index in [1.54, 1.807) is 6.92 Å². The highest BCUT2D eigenvalue weighted by molar-refractivity contribution is 9.10. The van der Waals surface area contributed by atoms with Crippen LogP contribution in [0.15, 0.2) is 57.9 Å². The zero-order valence-electron chi connectivity index (χ0n) is 10.7. The van der Waals surface area contributed by atoms with E-state index in [-0.39, 0.29) is 4.90 Å². The molecule has 0 bridgehead atoms. The van der Waals surface area contributed by atoms with Gasteiger partial charge < -0.3 is 0 Å². The molecule has 1 N–H and O–H groups in total. The summed E-state index contributed by atoms with van der Waals surface area (Å²) in [5.74, 6) is -0.470. The fraction of sp³-hybridized carbons (Fsp3) is 0.143. The average molecular weight is 358 g/mol. The summed E-state index contributed by atoms with van der Waals surface area (Å²) >= 11 is 3.39. The molecule has 2 rings (SSSR count). The van der Waals surface area contributed by atoms with Crippen LogP contribution in [0.5, 0.6) is 0 Å². The van der Waals surface area contributed by atoms with E-state index in [4.69, 9.17) is 0 Å². The van der Waals surface area contributed by atoms with Crippen molar-refractivity contribution in [3.8, 4) is 0 Å². The minimum atomic E-state index is -3.68. The van der Waals surface area contributed by atoms with Crippen LogP contribution in [0.3, 0.4) is 0 Å². The van der Waals surface area contributed by atoms with Gasteiger partial charge >= 0.3 is 0 Å². The van der Waals surface area contributed by atoms with Crippen molar-refractivity contribution in [3.63, 3.8) is 0 Å². The third kappa shape index (κ3) is 3.45. The van der Waals surface area contributed by atoms with E-state index >= 15 is 0 Å². The lowest BCUT2D eigenvalue weighted by atomic mass is 10.1. The topological polar surface area (TPSA) is 46.2 Å². The van der Waals surface area contributed by atoms with Gasteiger partial charge in [-0.15, -0.1) is 0 Å². The summed E-state index contributed by atoms with van der Waals surface area (Å²) in [4.78, 5) is 0.0396. The highest BCUT2D eigenvalue weighted by Crippen LogP contribution is 2.24. The first-order chi connectivity index (χ1) is 9.40. The highest BCUT2D eigenvalue weighted by atomic mass is 79.9. The van der Waals surface area contributed by atoms with Crippen molar-refractivity contribution in [2.24, 2.45) is 0 Å². The second-order valence-corrected chi connectivity index (χ2v) is 6.89. The quantitative estimate of drug-likeness (QED) is 0.907. The van der Waals surface area contributed by atoms with Crippen LogP contribution in [0.4, 0.5) is 4.39 Å². The Morgan fingerprint density at radius 1 is 1.10 bits per heavy atom. The van der Waals surface area contributed by atoms with Crippen LogP contribution in [0.2, 0.25) is 0 Å². The number of benzene rings is 2. The second-order valence-electron chi connectivity index (χ2n) is 4.32. The molecule has 0 fully saturated rings. The van der Waals surface area contributed by atoms with Gasteiger partial charge in [0.2, 0.25) is 10.0 Å². The SMILES string of the molecule is C[C@H](NS(=O)(=O)c1ccc(F)cc1)c1ccccc1Br. The van der Waals surface area contributed by atoms with Crippen molar-refractivity contribution in [1.29, 1.82) is 0 Å². The van der Waals surface area contributed by atoms with Crippen LogP contribution in [0, 0.1) is 5.82 Å². The van der Waals surface area contributed by atoms with Gasteiger partial charge in [-0.25, -0.2) is 17.5 Å². The van der Waals surface area contributed by atoms with E-state index in [1.165, 1.54) is 12.1 Å². The molecule has 0 unspecified atom stereocenters. The molecule has 0 aliphatic rings. The fourth-order valence-electron chi connectivity index (χ4n) is 1.80. The first kappa shape index (κ1) is 15.2. The monoisotopic (exact) mass is 357 g/mol. The third-order valence-corrected chi connectivity index (χ3v) is 5.11. The van der Waals surface area contributed by atoms with Gasteiger partial charge in [0, 0.05) is 10.5 Å². The molecule has 6 heteroatoms. The van der Waals surface area contributed by atoms with E-state index in [0.29, 0.717) is 0 Å². The van der Waals surface area contributed by atoms with E-state index < -0.39 is 21.9 Å². The molecule has 1 atom stereocenters. The molecule has 0 spiro atoms. The average Bonchev–Trinajstić information content (AvgIpc) is 2.39. The molecule has 0 aliphatic heterocycles. The second kappa shape index (κ2) is 6.03. The van der Waals surface area contributed by atoms with Crippen LogP contribution >= 0.6 is 15.9 Å². The maximum absolute atomic E-state index is 12.8. The molecule has 2 aromatic rings. The van der Waals surface area contributed by atoms with Gasteiger partial charge in [0.25, 0.3) is 0 Å². The number of hydrogen-bond acceptors (Lipinski definition) is 2. The Morgan fingerprint density at radius 2 is 1.70 bits per heavy atom. The highest BCUT2D eigenvalue weighted by Gasteiger charge is 2.19. The van der Waals surface area contributed by atoms with Crippen LogP contribution in [0.25, 0.3) is 0 Å².